The van der Waals surface area contributed by atoms with Gasteiger partial charge in [-0.3, -0.25) is 0 Å². The molecule has 4 heteroatoms. The molecule has 4 nitrogen and oxygen atoms in total. The van der Waals surface area contributed by atoms with Crippen molar-refractivity contribution in [2.75, 3.05) is 0 Å². The van der Waals surface area contributed by atoms with Gasteiger partial charge in [0.2, 0.25) is 0 Å². The normalized spacial score (nSPS) is 13.2. The maximum Gasteiger partial charge on any atom is 0.141 e. The first kappa shape index (κ1) is 14.0. The Labute approximate surface area is 114 Å². The highest BCUT2D eigenvalue weighted by atomic mass is 16.3. The topological polar surface area (TPSA) is 64.1 Å². The minimum Gasteiger partial charge on any atom is -0.383 e. The average molecular weight is 261 g/mol. The number of imidazole rings is 1. The molecule has 0 saturated heterocycles. The van der Waals surface area contributed by atoms with Crippen molar-refractivity contribution in [1.82, 2.24) is 9.55 Å². The molecule has 0 fully saturated rings. The number of aliphatic hydroxyl groups is 1. The fourth-order valence-corrected chi connectivity index (χ4v) is 2.34. The number of hydrogen-bond acceptors (Lipinski definition) is 3. The molecule has 1 heterocycles. The van der Waals surface area contributed by atoms with Crippen LogP contribution in [0, 0.1) is 0 Å². The Bertz CT molecular complexity index is 600. The van der Waals surface area contributed by atoms with Crippen LogP contribution in [-0.4, -0.2) is 14.7 Å². The largest absolute Gasteiger partial charge is 0.383 e. The summed E-state index contributed by atoms with van der Waals surface area (Å²) in [5.41, 5.74) is 7.51. The molecule has 2 rings (SSSR count). The first-order valence-electron chi connectivity index (χ1n) is 6.59. The van der Waals surface area contributed by atoms with Crippen LogP contribution in [0.25, 0.3) is 11.0 Å². The molecule has 0 saturated carbocycles. The molecule has 0 aliphatic rings. The van der Waals surface area contributed by atoms with E-state index < -0.39 is 5.60 Å². The molecule has 1 aromatic carbocycles. The number of benzene rings is 1. The van der Waals surface area contributed by atoms with Crippen molar-refractivity contribution >= 4 is 11.0 Å². The molecule has 19 heavy (non-hydrogen) atoms. The van der Waals surface area contributed by atoms with Crippen LogP contribution in [-0.2, 0) is 17.7 Å². The predicted octanol–water partition coefficient (Wildman–Crippen LogP) is 2.48. The van der Waals surface area contributed by atoms with Crippen molar-refractivity contribution in [2.45, 2.75) is 52.3 Å². The molecular weight excluding hydrogens is 238 g/mol. The van der Waals surface area contributed by atoms with E-state index in [-0.39, 0.29) is 5.54 Å². The van der Waals surface area contributed by atoms with Crippen LogP contribution < -0.4 is 5.73 Å². The summed E-state index contributed by atoms with van der Waals surface area (Å²) in [4.78, 5) is 4.62. The third-order valence-corrected chi connectivity index (χ3v) is 3.17. The third-order valence-electron chi connectivity index (χ3n) is 3.17. The van der Waals surface area contributed by atoms with Gasteiger partial charge in [-0.15, -0.1) is 0 Å². The van der Waals surface area contributed by atoms with Crippen molar-refractivity contribution in [3.63, 3.8) is 0 Å². The average Bonchev–Trinajstić information content (AvgIpc) is 2.66. The van der Waals surface area contributed by atoms with Crippen LogP contribution in [0.1, 0.15) is 46.0 Å². The van der Waals surface area contributed by atoms with Crippen LogP contribution in [0.15, 0.2) is 18.2 Å². The van der Waals surface area contributed by atoms with E-state index in [0.717, 1.165) is 16.6 Å². The molecule has 0 spiro atoms. The number of nitrogens with zero attached hydrogens (tertiary/aromatic N) is 2. The molecule has 104 valence electrons. The zero-order valence-corrected chi connectivity index (χ0v) is 12.4. The molecular formula is C15H23N3O. The van der Waals surface area contributed by atoms with Gasteiger partial charge in [-0.1, -0.05) is 6.07 Å². The van der Waals surface area contributed by atoms with Crippen LogP contribution in [0.3, 0.4) is 0 Å². The highest BCUT2D eigenvalue weighted by Gasteiger charge is 2.29. The Hall–Kier alpha value is -1.39. The van der Waals surface area contributed by atoms with Crippen molar-refractivity contribution in [3.8, 4) is 0 Å². The van der Waals surface area contributed by atoms with Gasteiger partial charge in [0.1, 0.15) is 11.4 Å². The van der Waals surface area contributed by atoms with E-state index in [0.29, 0.717) is 12.4 Å². The van der Waals surface area contributed by atoms with Crippen LogP contribution in [0.2, 0.25) is 0 Å². The van der Waals surface area contributed by atoms with E-state index in [1.165, 1.54) is 0 Å². The third kappa shape index (κ3) is 2.51. The fourth-order valence-electron chi connectivity index (χ4n) is 2.34. The predicted molar refractivity (Wildman–Crippen MR) is 77.9 cm³/mol. The summed E-state index contributed by atoms with van der Waals surface area (Å²) < 4.78 is 2.10. The van der Waals surface area contributed by atoms with E-state index in [4.69, 9.17) is 5.73 Å². The van der Waals surface area contributed by atoms with Gasteiger partial charge < -0.3 is 15.4 Å². The number of nitrogens with two attached hydrogens (primary N) is 1. The number of rotatable bonds is 2. The Morgan fingerprint density at radius 1 is 1.21 bits per heavy atom. The van der Waals surface area contributed by atoms with Gasteiger partial charge in [0.25, 0.3) is 0 Å². The smallest absolute Gasteiger partial charge is 0.141 e. The second-order valence-corrected chi connectivity index (χ2v) is 6.53. The zero-order valence-electron chi connectivity index (χ0n) is 12.4. The summed E-state index contributed by atoms with van der Waals surface area (Å²) in [7, 11) is 0. The minimum absolute atomic E-state index is 0.145. The highest BCUT2D eigenvalue weighted by molar-refractivity contribution is 5.77. The summed E-state index contributed by atoms with van der Waals surface area (Å²) in [6.45, 7) is 10.4. The number of aromatic nitrogens is 2. The molecule has 0 aliphatic heterocycles. The standard InChI is InChI=1S/C15H23N3O/c1-14(2,3)18-12-7-6-10(9-16)8-11(12)17-13(18)15(4,5)19/h6-8,19H,9,16H2,1-5H3. The van der Waals surface area contributed by atoms with E-state index in [9.17, 15) is 5.11 Å². The minimum atomic E-state index is -0.977. The van der Waals surface area contributed by atoms with Crippen molar-refractivity contribution in [3.05, 3.63) is 29.6 Å². The lowest BCUT2D eigenvalue weighted by molar-refractivity contribution is 0.0608. The van der Waals surface area contributed by atoms with E-state index >= 15 is 0 Å². The second-order valence-electron chi connectivity index (χ2n) is 6.53. The lowest BCUT2D eigenvalue weighted by Crippen LogP contribution is -2.30. The number of fused-ring (bicyclic) bond motifs is 1. The van der Waals surface area contributed by atoms with Crippen LogP contribution >= 0.6 is 0 Å². The summed E-state index contributed by atoms with van der Waals surface area (Å²) in [6, 6.07) is 6.04. The van der Waals surface area contributed by atoms with Crippen LogP contribution in [0.5, 0.6) is 0 Å². The molecule has 0 radical (unpaired) electrons. The van der Waals surface area contributed by atoms with Crippen molar-refractivity contribution in [2.24, 2.45) is 5.73 Å². The van der Waals surface area contributed by atoms with Crippen LogP contribution in [0.4, 0.5) is 0 Å². The lowest BCUT2D eigenvalue weighted by atomic mass is 10.0. The second kappa shape index (κ2) is 4.32. The summed E-state index contributed by atoms with van der Waals surface area (Å²) in [5.74, 6) is 0.684. The maximum absolute atomic E-state index is 10.4. The van der Waals surface area contributed by atoms with E-state index in [1.54, 1.807) is 13.8 Å². The molecule has 3 N–H and O–H groups in total. The number of hydrogen-bond donors (Lipinski definition) is 2. The monoisotopic (exact) mass is 261 g/mol. The Morgan fingerprint density at radius 2 is 1.84 bits per heavy atom. The Morgan fingerprint density at radius 3 is 2.32 bits per heavy atom. The SMILES string of the molecule is CC(C)(O)c1nc2cc(CN)ccc2n1C(C)(C)C. The lowest BCUT2D eigenvalue weighted by Gasteiger charge is -2.28. The van der Waals surface area contributed by atoms with Crippen molar-refractivity contribution < 1.29 is 5.11 Å². The summed E-state index contributed by atoms with van der Waals surface area (Å²) in [6.07, 6.45) is 0. The van der Waals surface area contributed by atoms with Gasteiger partial charge >= 0.3 is 0 Å². The van der Waals surface area contributed by atoms with Gasteiger partial charge in [-0.25, -0.2) is 4.98 Å². The summed E-state index contributed by atoms with van der Waals surface area (Å²) >= 11 is 0. The van der Waals surface area contributed by atoms with E-state index in [2.05, 4.69) is 30.3 Å². The maximum atomic E-state index is 10.4. The molecule has 0 amide bonds. The van der Waals surface area contributed by atoms with Gasteiger partial charge in [0, 0.05) is 12.1 Å². The first-order valence-corrected chi connectivity index (χ1v) is 6.59. The highest BCUT2D eigenvalue weighted by Crippen LogP contribution is 2.31. The van der Waals surface area contributed by atoms with Crippen molar-refractivity contribution in [1.29, 1.82) is 0 Å². The van der Waals surface area contributed by atoms with Gasteiger partial charge in [-0.2, -0.15) is 0 Å². The first-order chi connectivity index (χ1) is 8.64. The Kier molecular flexibility index (Phi) is 3.19. The fraction of sp³-hybridized carbons (Fsp3) is 0.533. The molecule has 0 unspecified atom stereocenters. The quantitative estimate of drug-likeness (QED) is 0.873. The molecule has 1 aromatic heterocycles. The zero-order chi connectivity index (χ0) is 14.4. The van der Waals surface area contributed by atoms with Gasteiger partial charge in [0.05, 0.1) is 11.0 Å². The summed E-state index contributed by atoms with van der Waals surface area (Å²) in [5, 5.41) is 10.4. The van der Waals surface area contributed by atoms with Gasteiger partial charge in [-0.05, 0) is 52.3 Å². The molecule has 2 aromatic rings. The molecule has 0 aliphatic carbocycles. The molecule has 0 atom stereocenters. The molecule has 0 bridgehead atoms. The Balaban J connectivity index is 2.81. The van der Waals surface area contributed by atoms with E-state index in [1.807, 2.05) is 18.2 Å². The van der Waals surface area contributed by atoms with Gasteiger partial charge in [0.15, 0.2) is 0 Å².